The number of rotatable bonds is 5. The largest absolute Gasteiger partial charge is 0.477 e. The maximum Gasteiger partial charge on any atom is 0.352 e. The SMILES string of the molecule is CCCn1c(C(=O)O)ccc1-c1ccccc1CC. The smallest absolute Gasteiger partial charge is 0.352 e. The van der Waals surface area contributed by atoms with Gasteiger partial charge in [-0.25, -0.2) is 4.79 Å². The van der Waals surface area contributed by atoms with E-state index in [1.54, 1.807) is 6.07 Å². The number of carboxylic acids is 1. The van der Waals surface area contributed by atoms with Gasteiger partial charge in [0.15, 0.2) is 0 Å². The molecule has 1 aromatic carbocycles. The standard InChI is InChI=1S/C16H19NO2/c1-3-11-17-14(9-10-15(17)16(18)19)13-8-6-5-7-12(13)4-2/h5-10H,3-4,11H2,1-2H3,(H,18,19). The predicted octanol–water partition coefficient (Wildman–Crippen LogP) is 3.83. The summed E-state index contributed by atoms with van der Waals surface area (Å²) < 4.78 is 1.90. The highest BCUT2D eigenvalue weighted by atomic mass is 16.4. The van der Waals surface area contributed by atoms with Crippen molar-refractivity contribution in [2.24, 2.45) is 0 Å². The summed E-state index contributed by atoms with van der Waals surface area (Å²) in [5.41, 5.74) is 3.74. The van der Waals surface area contributed by atoms with E-state index in [1.165, 1.54) is 5.56 Å². The molecule has 0 unspecified atom stereocenters. The lowest BCUT2D eigenvalue weighted by molar-refractivity contribution is 0.0685. The zero-order valence-electron chi connectivity index (χ0n) is 11.4. The van der Waals surface area contributed by atoms with E-state index in [0.717, 1.165) is 30.6 Å². The minimum absolute atomic E-state index is 0.364. The predicted molar refractivity (Wildman–Crippen MR) is 76.5 cm³/mol. The maximum absolute atomic E-state index is 11.3. The van der Waals surface area contributed by atoms with Crippen LogP contribution >= 0.6 is 0 Å². The van der Waals surface area contributed by atoms with Crippen molar-refractivity contribution in [3.63, 3.8) is 0 Å². The van der Waals surface area contributed by atoms with Gasteiger partial charge in [-0.1, -0.05) is 38.1 Å². The monoisotopic (exact) mass is 257 g/mol. The van der Waals surface area contributed by atoms with Crippen LogP contribution in [0.5, 0.6) is 0 Å². The van der Waals surface area contributed by atoms with Crippen LogP contribution in [0.1, 0.15) is 36.3 Å². The number of carbonyl (C=O) groups is 1. The van der Waals surface area contributed by atoms with Gasteiger partial charge in [-0.2, -0.15) is 0 Å². The van der Waals surface area contributed by atoms with Crippen LogP contribution in [0, 0.1) is 0 Å². The summed E-state index contributed by atoms with van der Waals surface area (Å²) in [6.07, 6.45) is 1.85. The normalized spacial score (nSPS) is 10.6. The molecule has 100 valence electrons. The van der Waals surface area contributed by atoms with Gasteiger partial charge in [0.05, 0.1) is 0 Å². The van der Waals surface area contributed by atoms with E-state index in [4.69, 9.17) is 0 Å². The minimum Gasteiger partial charge on any atom is -0.477 e. The number of hydrogen-bond acceptors (Lipinski definition) is 1. The van der Waals surface area contributed by atoms with Crippen LogP contribution in [0.25, 0.3) is 11.3 Å². The molecule has 0 saturated carbocycles. The second-order valence-corrected chi connectivity index (χ2v) is 4.57. The van der Waals surface area contributed by atoms with Crippen molar-refractivity contribution >= 4 is 5.97 Å². The Labute approximate surface area is 113 Å². The molecule has 0 aliphatic carbocycles. The molecule has 3 heteroatoms. The number of carboxylic acid groups (broad SMARTS) is 1. The summed E-state index contributed by atoms with van der Waals surface area (Å²) >= 11 is 0. The molecule has 3 nitrogen and oxygen atoms in total. The molecule has 0 aliphatic heterocycles. The molecule has 1 heterocycles. The number of aromatic carboxylic acids is 1. The Morgan fingerprint density at radius 1 is 1.16 bits per heavy atom. The van der Waals surface area contributed by atoms with E-state index in [1.807, 2.05) is 22.8 Å². The Morgan fingerprint density at radius 2 is 1.89 bits per heavy atom. The fraction of sp³-hybridized carbons (Fsp3) is 0.312. The van der Waals surface area contributed by atoms with Crippen LogP contribution in [0.15, 0.2) is 36.4 Å². The molecular weight excluding hydrogens is 238 g/mol. The van der Waals surface area contributed by atoms with Crippen molar-refractivity contribution < 1.29 is 9.90 Å². The first-order valence-corrected chi connectivity index (χ1v) is 6.70. The molecule has 1 aromatic heterocycles. The lowest BCUT2D eigenvalue weighted by Crippen LogP contribution is -2.09. The summed E-state index contributed by atoms with van der Waals surface area (Å²) in [4.78, 5) is 11.3. The summed E-state index contributed by atoms with van der Waals surface area (Å²) in [6, 6.07) is 11.8. The molecule has 0 atom stereocenters. The Balaban J connectivity index is 2.58. The van der Waals surface area contributed by atoms with Crippen LogP contribution < -0.4 is 0 Å². The lowest BCUT2D eigenvalue weighted by atomic mass is 10.0. The first-order chi connectivity index (χ1) is 9.19. The van der Waals surface area contributed by atoms with Crippen LogP contribution in [0.3, 0.4) is 0 Å². The number of benzene rings is 1. The van der Waals surface area contributed by atoms with E-state index in [0.29, 0.717) is 5.69 Å². The molecule has 0 saturated heterocycles. The topological polar surface area (TPSA) is 42.2 Å². The van der Waals surface area contributed by atoms with Gasteiger partial charge in [-0.15, -0.1) is 0 Å². The number of aromatic nitrogens is 1. The minimum atomic E-state index is -0.867. The average Bonchev–Trinajstić information content (AvgIpc) is 2.83. The molecule has 0 spiro atoms. The van der Waals surface area contributed by atoms with Crippen LogP contribution in [-0.4, -0.2) is 15.6 Å². The van der Waals surface area contributed by atoms with E-state index in [-0.39, 0.29) is 0 Å². The maximum atomic E-state index is 11.3. The summed E-state index contributed by atoms with van der Waals surface area (Å²) in [6.45, 7) is 4.90. The van der Waals surface area contributed by atoms with Gasteiger partial charge in [-0.05, 0) is 30.5 Å². The third kappa shape index (κ3) is 2.55. The van der Waals surface area contributed by atoms with Gasteiger partial charge < -0.3 is 9.67 Å². The first kappa shape index (κ1) is 13.4. The van der Waals surface area contributed by atoms with E-state index >= 15 is 0 Å². The second kappa shape index (κ2) is 5.74. The Morgan fingerprint density at radius 3 is 2.53 bits per heavy atom. The van der Waals surface area contributed by atoms with E-state index < -0.39 is 5.97 Å². The quantitative estimate of drug-likeness (QED) is 0.884. The molecule has 0 amide bonds. The van der Waals surface area contributed by atoms with Gasteiger partial charge in [0.25, 0.3) is 0 Å². The fourth-order valence-corrected chi connectivity index (χ4v) is 2.43. The fourth-order valence-electron chi connectivity index (χ4n) is 2.43. The zero-order chi connectivity index (χ0) is 13.8. The third-order valence-corrected chi connectivity index (χ3v) is 3.32. The lowest BCUT2D eigenvalue weighted by Gasteiger charge is -2.13. The van der Waals surface area contributed by atoms with Crippen molar-refractivity contribution in [1.29, 1.82) is 0 Å². The molecule has 0 aliphatic rings. The first-order valence-electron chi connectivity index (χ1n) is 6.70. The second-order valence-electron chi connectivity index (χ2n) is 4.57. The average molecular weight is 257 g/mol. The van der Waals surface area contributed by atoms with Gasteiger partial charge >= 0.3 is 5.97 Å². The van der Waals surface area contributed by atoms with Crippen LogP contribution in [0.2, 0.25) is 0 Å². The number of nitrogens with zero attached hydrogens (tertiary/aromatic N) is 1. The Kier molecular flexibility index (Phi) is 4.05. The molecule has 0 bridgehead atoms. The summed E-state index contributed by atoms with van der Waals surface area (Å²) in [7, 11) is 0. The van der Waals surface area contributed by atoms with Crippen molar-refractivity contribution in [2.45, 2.75) is 33.2 Å². The number of aryl methyl sites for hydroxylation is 1. The molecular formula is C16H19NO2. The van der Waals surface area contributed by atoms with Crippen LogP contribution in [-0.2, 0) is 13.0 Å². The molecule has 0 fully saturated rings. The van der Waals surface area contributed by atoms with Gasteiger partial charge in [0, 0.05) is 17.8 Å². The molecule has 1 N–H and O–H groups in total. The number of hydrogen-bond donors (Lipinski definition) is 1. The zero-order valence-corrected chi connectivity index (χ0v) is 11.4. The van der Waals surface area contributed by atoms with Gasteiger partial charge in [0.1, 0.15) is 5.69 Å². The van der Waals surface area contributed by atoms with E-state index in [2.05, 4.69) is 26.0 Å². The highest BCUT2D eigenvalue weighted by molar-refractivity contribution is 5.87. The van der Waals surface area contributed by atoms with Crippen LogP contribution in [0.4, 0.5) is 0 Å². The highest BCUT2D eigenvalue weighted by Gasteiger charge is 2.15. The molecule has 2 rings (SSSR count). The van der Waals surface area contributed by atoms with Crippen molar-refractivity contribution in [3.05, 3.63) is 47.7 Å². The Hall–Kier alpha value is -2.03. The highest BCUT2D eigenvalue weighted by Crippen LogP contribution is 2.27. The molecule has 19 heavy (non-hydrogen) atoms. The van der Waals surface area contributed by atoms with Crippen molar-refractivity contribution in [3.8, 4) is 11.3 Å². The van der Waals surface area contributed by atoms with Gasteiger partial charge in [-0.3, -0.25) is 0 Å². The molecule has 2 aromatic rings. The summed E-state index contributed by atoms with van der Waals surface area (Å²) in [5, 5.41) is 9.26. The van der Waals surface area contributed by atoms with E-state index in [9.17, 15) is 9.90 Å². The molecule has 0 radical (unpaired) electrons. The Bertz CT molecular complexity index is 584. The summed E-state index contributed by atoms with van der Waals surface area (Å²) in [5.74, 6) is -0.867. The van der Waals surface area contributed by atoms with Crippen molar-refractivity contribution in [2.75, 3.05) is 0 Å². The van der Waals surface area contributed by atoms with Gasteiger partial charge in [0.2, 0.25) is 0 Å². The van der Waals surface area contributed by atoms with Crippen molar-refractivity contribution in [1.82, 2.24) is 4.57 Å². The third-order valence-electron chi connectivity index (χ3n) is 3.32.